The van der Waals surface area contributed by atoms with Crippen molar-refractivity contribution < 1.29 is 8.42 Å². The smallest absolute Gasteiger partial charge is 0.177 e. The molecule has 2 aromatic rings. The lowest BCUT2D eigenvalue weighted by molar-refractivity contribution is 0.602. The number of rotatable bonds is 1. The molecule has 2 rings (SSSR count). The van der Waals surface area contributed by atoms with Gasteiger partial charge in [0.15, 0.2) is 9.84 Å². The lowest BCUT2D eigenvalue weighted by Crippen LogP contribution is -1.97. The van der Waals surface area contributed by atoms with Gasteiger partial charge in [0.2, 0.25) is 0 Å². The monoisotopic (exact) mass is 226 g/mol. The van der Waals surface area contributed by atoms with Crippen LogP contribution in [0.3, 0.4) is 0 Å². The van der Waals surface area contributed by atoms with E-state index < -0.39 is 9.84 Å². The summed E-state index contributed by atoms with van der Waals surface area (Å²) in [6, 6.07) is 7.59. The third-order valence-corrected chi connectivity index (χ3v) is 4.57. The van der Waals surface area contributed by atoms with E-state index >= 15 is 0 Å². The van der Waals surface area contributed by atoms with Crippen molar-refractivity contribution in [3.05, 3.63) is 29.1 Å². The van der Waals surface area contributed by atoms with Crippen molar-refractivity contribution in [2.45, 2.75) is 11.8 Å². The van der Waals surface area contributed by atoms with Gasteiger partial charge in [-0.3, -0.25) is 0 Å². The number of hydrogen-bond donors (Lipinski definition) is 0. The number of fused-ring (bicyclic) bond motifs is 1. The lowest BCUT2D eigenvalue weighted by Gasteiger charge is -1.96. The van der Waals surface area contributed by atoms with Gasteiger partial charge in [-0.2, -0.15) is 0 Å². The van der Waals surface area contributed by atoms with Gasteiger partial charge in [-0.05, 0) is 13.0 Å². The Morgan fingerprint density at radius 1 is 1.21 bits per heavy atom. The van der Waals surface area contributed by atoms with Crippen molar-refractivity contribution in [1.29, 1.82) is 0 Å². The van der Waals surface area contributed by atoms with Crippen molar-refractivity contribution in [1.82, 2.24) is 0 Å². The number of hydrogen-bond acceptors (Lipinski definition) is 3. The predicted molar refractivity (Wildman–Crippen MR) is 59.7 cm³/mol. The van der Waals surface area contributed by atoms with Crippen LogP contribution >= 0.6 is 11.3 Å². The minimum atomic E-state index is -3.11. The first-order chi connectivity index (χ1) is 6.50. The van der Waals surface area contributed by atoms with Crippen LogP contribution in [0.15, 0.2) is 29.2 Å². The SMILES string of the molecule is Cc1sc2ccccc2c1S(C)(=O)=O. The highest BCUT2D eigenvalue weighted by molar-refractivity contribution is 7.91. The summed E-state index contributed by atoms with van der Waals surface area (Å²) in [6.45, 7) is 1.85. The van der Waals surface area contributed by atoms with Crippen LogP contribution < -0.4 is 0 Å². The van der Waals surface area contributed by atoms with E-state index in [1.54, 1.807) is 0 Å². The molecule has 0 N–H and O–H groups in total. The second-order valence-corrected chi connectivity index (χ2v) is 6.46. The highest BCUT2D eigenvalue weighted by Gasteiger charge is 2.17. The van der Waals surface area contributed by atoms with E-state index in [0.717, 1.165) is 15.0 Å². The molecule has 0 saturated carbocycles. The number of sulfone groups is 1. The fraction of sp³-hybridized carbons (Fsp3) is 0.200. The van der Waals surface area contributed by atoms with Crippen LogP contribution in [0.1, 0.15) is 4.88 Å². The Morgan fingerprint density at radius 2 is 1.86 bits per heavy atom. The molecule has 0 atom stereocenters. The first kappa shape index (κ1) is 9.68. The molecule has 0 spiro atoms. The average molecular weight is 226 g/mol. The summed E-state index contributed by atoms with van der Waals surface area (Å²) in [7, 11) is -3.11. The van der Waals surface area contributed by atoms with Gasteiger partial charge in [0.05, 0.1) is 4.90 Å². The van der Waals surface area contributed by atoms with Gasteiger partial charge in [-0.1, -0.05) is 18.2 Å². The second kappa shape index (κ2) is 3.07. The summed E-state index contributed by atoms with van der Waals surface area (Å²) < 4.78 is 24.1. The van der Waals surface area contributed by atoms with Gasteiger partial charge in [0.1, 0.15) is 0 Å². The average Bonchev–Trinajstić information content (AvgIpc) is 2.38. The van der Waals surface area contributed by atoms with Crippen LogP contribution in [0.2, 0.25) is 0 Å². The Bertz CT molecular complexity index is 579. The van der Waals surface area contributed by atoms with Crippen molar-refractivity contribution in [2.75, 3.05) is 6.26 Å². The largest absolute Gasteiger partial charge is 0.224 e. The first-order valence-electron chi connectivity index (χ1n) is 4.18. The fourth-order valence-electron chi connectivity index (χ4n) is 1.60. The molecule has 0 saturated heterocycles. The number of thiophene rings is 1. The molecule has 0 fully saturated rings. The van der Waals surface area contributed by atoms with E-state index in [1.807, 2.05) is 31.2 Å². The molecule has 0 unspecified atom stereocenters. The van der Waals surface area contributed by atoms with E-state index in [2.05, 4.69) is 0 Å². The highest BCUT2D eigenvalue weighted by Crippen LogP contribution is 2.33. The van der Waals surface area contributed by atoms with Gasteiger partial charge in [0.25, 0.3) is 0 Å². The quantitative estimate of drug-likeness (QED) is 0.749. The first-order valence-corrected chi connectivity index (χ1v) is 6.89. The van der Waals surface area contributed by atoms with Crippen LogP contribution in [0.5, 0.6) is 0 Å². The van der Waals surface area contributed by atoms with Gasteiger partial charge in [0, 0.05) is 21.2 Å². The Morgan fingerprint density at radius 3 is 2.50 bits per heavy atom. The molecule has 0 aliphatic heterocycles. The maximum absolute atomic E-state index is 11.5. The summed E-state index contributed by atoms with van der Waals surface area (Å²) >= 11 is 1.53. The fourth-order valence-corrected chi connectivity index (χ4v) is 4.31. The molecular weight excluding hydrogens is 216 g/mol. The molecule has 0 bridgehead atoms. The predicted octanol–water partition coefficient (Wildman–Crippen LogP) is 2.61. The molecular formula is C10H10O2S2. The second-order valence-electron chi connectivity index (χ2n) is 3.26. The van der Waals surface area contributed by atoms with E-state index in [9.17, 15) is 8.42 Å². The number of benzene rings is 1. The van der Waals surface area contributed by atoms with Crippen molar-refractivity contribution in [2.24, 2.45) is 0 Å². The van der Waals surface area contributed by atoms with Crippen LogP contribution in [-0.2, 0) is 9.84 Å². The molecule has 74 valence electrons. The summed E-state index contributed by atoms with van der Waals surface area (Å²) in [5.41, 5.74) is 0. The minimum absolute atomic E-state index is 0.484. The van der Waals surface area contributed by atoms with Crippen molar-refractivity contribution in [3.8, 4) is 0 Å². The third-order valence-electron chi connectivity index (χ3n) is 2.09. The highest BCUT2D eigenvalue weighted by atomic mass is 32.2. The van der Waals surface area contributed by atoms with E-state index in [0.29, 0.717) is 4.90 Å². The molecule has 0 aliphatic rings. The van der Waals surface area contributed by atoms with E-state index in [-0.39, 0.29) is 0 Å². The minimum Gasteiger partial charge on any atom is -0.224 e. The zero-order chi connectivity index (χ0) is 10.3. The van der Waals surface area contributed by atoms with E-state index in [4.69, 9.17) is 0 Å². The molecule has 0 radical (unpaired) electrons. The zero-order valence-corrected chi connectivity index (χ0v) is 9.58. The summed E-state index contributed by atoms with van der Waals surface area (Å²) in [4.78, 5) is 1.35. The van der Waals surface area contributed by atoms with Crippen LogP contribution in [0.4, 0.5) is 0 Å². The Balaban J connectivity index is 2.95. The van der Waals surface area contributed by atoms with Crippen LogP contribution in [0, 0.1) is 6.92 Å². The van der Waals surface area contributed by atoms with E-state index in [1.165, 1.54) is 17.6 Å². The maximum atomic E-state index is 11.5. The zero-order valence-electron chi connectivity index (χ0n) is 7.94. The summed E-state index contributed by atoms with van der Waals surface area (Å²) in [5, 5.41) is 0.845. The standard InChI is InChI=1S/C10H10O2S2/c1-7-10(14(2,11)12)8-5-3-4-6-9(8)13-7/h3-6H,1-2H3. The van der Waals surface area contributed by atoms with Gasteiger partial charge < -0.3 is 0 Å². The number of aryl methyl sites for hydroxylation is 1. The normalized spacial score (nSPS) is 12.1. The summed E-state index contributed by atoms with van der Waals surface area (Å²) in [6.07, 6.45) is 1.26. The van der Waals surface area contributed by atoms with Crippen molar-refractivity contribution >= 4 is 31.3 Å². The summed E-state index contributed by atoms with van der Waals surface area (Å²) in [5.74, 6) is 0. The molecule has 1 aromatic heterocycles. The van der Waals surface area contributed by atoms with Crippen LogP contribution in [0.25, 0.3) is 10.1 Å². The maximum Gasteiger partial charge on any atom is 0.177 e. The molecule has 14 heavy (non-hydrogen) atoms. The molecule has 1 heterocycles. The molecule has 4 heteroatoms. The van der Waals surface area contributed by atoms with Crippen LogP contribution in [-0.4, -0.2) is 14.7 Å². The van der Waals surface area contributed by atoms with Gasteiger partial charge in [-0.15, -0.1) is 11.3 Å². The molecule has 2 nitrogen and oxygen atoms in total. The van der Waals surface area contributed by atoms with Gasteiger partial charge >= 0.3 is 0 Å². The molecule has 0 aliphatic carbocycles. The van der Waals surface area contributed by atoms with Crippen molar-refractivity contribution in [3.63, 3.8) is 0 Å². The Kier molecular flexibility index (Phi) is 2.12. The lowest BCUT2D eigenvalue weighted by atomic mass is 10.2. The molecule has 1 aromatic carbocycles. The van der Waals surface area contributed by atoms with Gasteiger partial charge in [-0.25, -0.2) is 8.42 Å². The molecule has 0 amide bonds. The topological polar surface area (TPSA) is 34.1 Å². The Labute approximate surface area is 87.1 Å². The third kappa shape index (κ3) is 1.44. The Hall–Kier alpha value is -0.870.